The number of aliphatic carboxylic acids is 1. The minimum absolute atomic E-state index is 0.0763. The number of furan rings is 1. The average Bonchev–Trinajstić information content (AvgIpc) is 2.86. The van der Waals surface area contributed by atoms with Gasteiger partial charge in [0.1, 0.15) is 10.7 Å². The molecule has 0 bridgehead atoms. The van der Waals surface area contributed by atoms with Crippen molar-refractivity contribution in [2.45, 2.75) is 13.5 Å². The highest BCUT2D eigenvalue weighted by Gasteiger charge is 2.35. The molecule has 0 aromatic carbocycles. The van der Waals surface area contributed by atoms with Gasteiger partial charge in [0.25, 0.3) is 0 Å². The van der Waals surface area contributed by atoms with Crippen molar-refractivity contribution in [3.63, 3.8) is 0 Å². The lowest BCUT2D eigenvalue weighted by molar-refractivity contribution is -0.402. The zero-order valence-corrected chi connectivity index (χ0v) is 9.91. The van der Waals surface area contributed by atoms with Crippen LogP contribution in [0.3, 0.4) is 0 Å². The van der Waals surface area contributed by atoms with Crippen molar-refractivity contribution in [3.8, 4) is 0 Å². The van der Waals surface area contributed by atoms with E-state index in [1.165, 1.54) is 6.07 Å². The van der Waals surface area contributed by atoms with E-state index in [1.54, 1.807) is 6.07 Å². The molecule has 18 heavy (non-hydrogen) atoms. The molecule has 7 heteroatoms. The van der Waals surface area contributed by atoms with E-state index < -0.39 is 10.9 Å². The molecule has 2 heterocycles. The van der Waals surface area contributed by atoms with Gasteiger partial charge >= 0.3 is 11.9 Å². The van der Waals surface area contributed by atoms with Gasteiger partial charge in [0.15, 0.2) is 0 Å². The summed E-state index contributed by atoms with van der Waals surface area (Å²) in [6.07, 6.45) is 0. The lowest BCUT2D eigenvalue weighted by Gasteiger charge is -2.12. The van der Waals surface area contributed by atoms with Crippen molar-refractivity contribution in [2.24, 2.45) is 11.8 Å². The van der Waals surface area contributed by atoms with Crippen LogP contribution in [0.1, 0.15) is 12.7 Å². The van der Waals surface area contributed by atoms with E-state index in [1.807, 2.05) is 11.8 Å². The van der Waals surface area contributed by atoms with Crippen molar-refractivity contribution in [1.82, 2.24) is 4.90 Å². The van der Waals surface area contributed by atoms with Crippen LogP contribution in [-0.4, -0.2) is 34.0 Å². The quantitative estimate of drug-likeness (QED) is 0.643. The van der Waals surface area contributed by atoms with Gasteiger partial charge in [-0.25, -0.2) is 0 Å². The number of rotatable bonds is 4. The summed E-state index contributed by atoms with van der Waals surface area (Å²) >= 11 is 0. The van der Waals surface area contributed by atoms with Crippen molar-refractivity contribution >= 4 is 11.9 Å². The summed E-state index contributed by atoms with van der Waals surface area (Å²) in [5, 5.41) is 19.5. The van der Waals surface area contributed by atoms with Crippen molar-refractivity contribution in [1.29, 1.82) is 0 Å². The fraction of sp³-hybridized carbons (Fsp3) is 0.545. The molecule has 1 aromatic rings. The minimum atomic E-state index is -0.796. The lowest BCUT2D eigenvalue weighted by atomic mass is 9.99. The second-order valence-corrected chi connectivity index (χ2v) is 4.61. The monoisotopic (exact) mass is 254 g/mol. The van der Waals surface area contributed by atoms with E-state index in [0.29, 0.717) is 25.4 Å². The molecule has 0 unspecified atom stereocenters. The van der Waals surface area contributed by atoms with Crippen LogP contribution in [0.5, 0.6) is 0 Å². The van der Waals surface area contributed by atoms with Gasteiger partial charge < -0.3 is 9.52 Å². The van der Waals surface area contributed by atoms with E-state index in [-0.39, 0.29) is 17.7 Å². The number of carbonyl (C=O) groups is 1. The maximum absolute atomic E-state index is 11.0. The van der Waals surface area contributed by atoms with Crippen LogP contribution in [0, 0.1) is 22.0 Å². The van der Waals surface area contributed by atoms with E-state index in [4.69, 9.17) is 9.52 Å². The molecule has 98 valence electrons. The van der Waals surface area contributed by atoms with Crippen LogP contribution in [0.15, 0.2) is 16.5 Å². The Morgan fingerprint density at radius 2 is 2.33 bits per heavy atom. The topological polar surface area (TPSA) is 96.8 Å². The maximum Gasteiger partial charge on any atom is 0.433 e. The lowest BCUT2D eigenvalue weighted by Crippen LogP contribution is -2.22. The SMILES string of the molecule is C[C@@H]1CN(Cc2ccc([N+](=O)[O-])o2)C[C@H]1C(=O)O. The summed E-state index contributed by atoms with van der Waals surface area (Å²) in [6.45, 7) is 3.40. The molecule has 1 aliphatic rings. The molecule has 0 radical (unpaired) electrons. The van der Waals surface area contributed by atoms with Gasteiger partial charge in [-0.05, 0) is 12.0 Å². The van der Waals surface area contributed by atoms with Gasteiger partial charge in [0.2, 0.25) is 0 Å². The summed E-state index contributed by atoms with van der Waals surface area (Å²) in [7, 11) is 0. The summed E-state index contributed by atoms with van der Waals surface area (Å²) < 4.78 is 5.05. The number of nitrogens with zero attached hydrogens (tertiary/aromatic N) is 2. The Labute approximate surface area is 103 Å². The first-order valence-electron chi connectivity index (χ1n) is 5.65. The summed E-state index contributed by atoms with van der Waals surface area (Å²) in [5.74, 6) is -0.898. The molecule has 2 rings (SSSR count). The highest BCUT2D eigenvalue weighted by atomic mass is 16.6. The third-order valence-corrected chi connectivity index (χ3v) is 3.21. The largest absolute Gasteiger partial charge is 0.481 e. The zero-order valence-electron chi connectivity index (χ0n) is 9.91. The Balaban J connectivity index is 1.98. The van der Waals surface area contributed by atoms with Gasteiger partial charge in [0.05, 0.1) is 18.5 Å². The predicted octanol–water partition coefficient (Wildman–Crippen LogP) is 1.34. The third-order valence-electron chi connectivity index (χ3n) is 3.21. The van der Waals surface area contributed by atoms with Crippen molar-refractivity contribution in [2.75, 3.05) is 13.1 Å². The fourth-order valence-corrected chi connectivity index (χ4v) is 2.29. The highest BCUT2D eigenvalue weighted by Crippen LogP contribution is 2.26. The van der Waals surface area contributed by atoms with Gasteiger partial charge in [-0.2, -0.15) is 0 Å². The number of likely N-dealkylation sites (tertiary alicyclic amines) is 1. The van der Waals surface area contributed by atoms with Crippen LogP contribution < -0.4 is 0 Å². The van der Waals surface area contributed by atoms with Gasteiger partial charge in [-0.15, -0.1) is 0 Å². The average molecular weight is 254 g/mol. The molecule has 0 aliphatic carbocycles. The molecular formula is C11H14N2O5. The molecule has 1 fully saturated rings. The standard InChI is InChI=1S/C11H14N2O5/c1-7-4-12(6-9(7)11(14)15)5-8-2-3-10(18-8)13(16)17/h2-3,7,9H,4-6H2,1H3,(H,14,15)/t7-,9-/m1/s1. The number of carboxylic acids is 1. The van der Waals surface area contributed by atoms with Crippen LogP contribution in [0.4, 0.5) is 5.88 Å². The Kier molecular flexibility index (Phi) is 3.33. The predicted molar refractivity (Wildman–Crippen MR) is 60.9 cm³/mol. The molecule has 0 spiro atoms. The van der Waals surface area contributed by atoms with E-state index in [9.17, 15) is 14.9 Å². The van der Waals surface area contributed by atoms with Crippen molar-refractivity contribution in [3.05, 3.63) is 28.0 Å². The van der Waals surface area contributed by atoms with E-state index >= 15 is 0 Å². The normalized spacial score (nSPS) is 24.3. The van der Waals surface area contributed by atoms with Crippen LogP contribution in [0.2, 0.25) is 0 Å². The number of carboxylic acid groups (broad SMARTS) is 1. The summed E-state index contributed by atoms with van der Waals surface area (Å²) in [6, 6.07) is 2.86. The van der Waals surface area contributed by atoms with E-state index in [2.05, 4.69) is 0 Å². The van der Waals surface area contributed by atoms with Crippen LogP contribution in [0.25, 0.3) is 0 Å². The Morgan fingerprint density at radius 3 is 2.83 bits per heavy atom. The molecule has 1 aliphatic heterocycles. The molecule has 1 aromatic heterocycles. The van der Waals surface area contributed by atoms with Gasteiger partial charge in [0, 0.05) is 13.1 Å². The third kappa shape index (κ3) is 2.51. The Bertz CT molecular complexity index is 470. The maximum atomic E-state index is 11.0. The molecular weight excluding hydrogens is 240 g/mol. The molecule has 0 amide bonds. The van der Waals surface area contributed by atoms with E-state index in [0.717, 1.165) is 0 Å². The first kappa shape index (κ1) is 12.6. The zero-order chi connectivity index (χ0) is 13.3. The first-order valence-corrected chi connectivity index (χ1v) is 5.65. The van der Waals surface area contributed by atoms with Crippen LogP contribution >= 0.6 is 0 Å². The second-order valence-electron chi connectivity index (χ2n) is 4.61. The smallest absolute Gasteiger partial charge is 0.433 e. The first-order chi connectivity index (χ1) is 8.47. The molecule has 1 N–H and O–H groups in total. The highest BCUT2D eigenvalue weighted by molar-refractivity contribution is 5.71. The number of hydrogen-bond acceptors (Lipinski definition) is 5. The van der Waals surface area contributed by atoms with Gasteiger partial charge in [-0.3, -0.25) is 19.8 Å². The molecule has 2 atom stereocenters. The molecule has 0 saturated carbocycles. The number of nitro groups is 1. The van der Waals surface area contributed by atoms with Gasteiger partial charge in [-0.1, -0.05) is 6.92 Å². The Morgan fingerprint density at radius 1 is 1.61 bits per heavy atom. The summed E-state index contributed by atoms with van der Waals surface area (Å²) in [4.78, 5) is 22.8. The summed E-state index contributed by atoms with van der Waals surface area (Å²) in [5.41, 5.74) is 0. The molecule has 7 nitrogen and oxygen atoms in total. The fourth-order valence-electron chi connectivity index (χ4n) is 2.29. The minimum Gasteiger partial charge on any atom is -0.481 e. The molecule has 1 saturated heterocycles. The van der Waals surface area contributed by atoms with Crippen molar-refractivity contribution < 1.29 is 19.2 Å². The van der Waals surface area contributed by atoms with Crippen LogP contribution in [-0.2, 0) is 11.3 Å². The second kappa shape index (κ2) is 4.77. The number of hydrogen-bond donors (Lipinski definition) is 1. The Hall–Kier alpha value is -1.89.